The van der Waals surface area contributed by atoms with E-state index in [1.165, 1.54) is 0 Å². The van der Waals surface area contributed by atoms with Gasteiger partial charge in [-0.15, -0.1) is 0 Å². The summed E-state index contributed by atoms with van der Waals surface area (Å²) in [5.74, 6) is -0.817. The van der Waals surface area contributed by atoms with Gasteiger partial charge in [-0.1, -0.05) is 36.8 Å². The second-order valence-electron chi connectivity index (χ2n) is 6.62. The van der Waals surface area contributed by atoms with E-state index in [-0.39, 0.29) is 18.2 Å². The minimum absolute atomic E-state index is 0.0367. The molecule has 0 radical (unpaired) electrons. The first-order valence-electron chi connectivity index (χ1n) is 8.95. The third kappa shape index (κ3) is 4.14. The number of fused-ring (bicyclic) bond motifs is 1. The second kappa shape index (κ2) is 8.22. The fourth-order valence-electron chi connectivity index (χ4n) is 2.88. The van der Waals surface area contributed by atoms with E-state index in [0.29, 0.717) is 17.5 Å². The van der Waals surface area contributed by atoms with Gasteiger partial charge in [-0.25, -0.2) is 18.0 Å². The van der Waals surface area contributed by atoms with Gasteiger partial charge in [0.1, 0.15) is 6.73 Å². The van der Waals surface area contributed by atoms with E-state index in [9.17, 15) is 18.0 Å². The number of imide groups is 1. The largest absolute Gasteiger partial charge is 0.359 e. The highest BCUT2D eigenvalue weighted by molar-refractivity contribution is 7.89. The van der Waals surface area contributed by atoms with Crippen LogP contribution in [-0.2, 0) is 14.8 Å². The molecule has 2 aromatic rings. The molecule has 0 saturated heterocycles. The summed E-state index contributed by atoms with van der Waals surface area (Å²) in [6, 6.07) is 12.7. The van der Waals surface area contributed by atoms with Crippen molar-refractivity contribution in [3.63, 3.8) is 0 Å². The molecule has 28 heavy (non-hydrogen) atoms. The van der Waals surface area contributed by atoms with Crippen LogP contribution in [0.2, 0.25) is 0 Å². The zero-order chi connectivity index (χ0) is 20.3. The molecule has 2 aromatic carbocycles. The van der Waals surface area contributed by atoms with Gasteiger partial charge in [-0.2, -0.15) is 0 Å². The normalized spacial score (nSPS) is 15.0. The lowest BCUT2D eigenvalue weighted by atomic mass is 10.1. The maximum atomic E-state index is 12.5. The molecule has 7 nitrogen and oxygen atoms in total. The van der Waals surface area contributed by atoms with Crippen molar-refractivity contribution in [2.24, 2.45) is 0 Å². The molecular weight excluding hydrogens is 380 g/mol. The Morgan fingerprint density at radius 1 is 1.00 bits per heavy atom. The van der Waals surface area contributed by atoms with Crippen LogP contribution < -0.4 is 4.72 Å². The van der Waals surface area contributed by atoms with Crippen LogP contribution in [0.5, 0.6) is 0 Å². The third-order valence-corrected chi connectivity index (χ3v) is 6.10. The first-order chi connectivity index (χ1) is 13.3. The fourth-order valence-corrected chi connectivity index (χ4v) is 4.19. The van der Waals surface area contributed by atoms with E-state index < -0.39 is 27.9 Å². The van der Waals surface area contributed by atoms with E-state index in [2.05, 4.69) is 4.72 Å². The van der Waals surface area contributed by atoms with Gasteiger partial charge in [-0.3, -0.25) is 9.59 Å². The molecule has 1 unspecified atom stereocenters. The molecule has 2 amide bonds. The van der Waals surface area contributed by atoms with E-state index >= 15 is 0 Å². The SMILES string of the molecule is CCC(COCN1C(=O)c2ccccc2C1=O)NS(=O)(=O)c1ccc(C)cc1. The maximum absolute atomic E-state index is 12.5. The standard InChI is InChI=1S/C20H22N2O5S/c1-3-15(21-28(25,26)16-10-8-14(2)9-11-16)12-27-13-22-19(23)17-6-4-5-7-18(17)20(22)24/h4-11,15,21H,3,12-13H2,1-2H3. The first kappa shape index (κ1) is 20.2. The number of benzene rings is 2. The number of ether oxygens (including phenoxy) is 1. The average molecular weight is 402 g/mol. The Morgan fingerprint density at radius 3 is 2.11 bits per heavy atom. The number of rotatable bonds is 8. The molecule has 0 fully saturated rings. The summed E-state index contributed by atoms with van der Waals surface area (Å²) in [4.78, 5) is 25.8. The van der Waals surface area contributed by atoms with Crippen molar-refractivity contribution in [1.29, 1.82) is 0 Å². The molecule has 1 atom stereocenters. The van der Waals surface area contributed by atoms with Crippen LogP contribution in [0, 0.1) is 6.92 Å². The Morgan fingerprint density at radius 2 is 1.57 bits per heavy atom. The van der Waals surface area contributed by atoms with Crippen molar-refractivity contribution >= 4 is 21.8 Å². The van der Waals surface area contributed by atoms with Crippen LogP contribution in [0.3, 0.4) is 0 Å². The molecule has 8 heteroatoms. The van der Waals surface area contributed by atoms with E-state index in [4.69, 9.17) is 4.74 Å². The summed E-state index contributed by atoms with van der Waals surface area (Å²) in [7, 11) is -3.68. The average Bonchev–Trinajstić information content (AvgIpc) is 2.92. The van der Waals surface area contributed by atoms with Gasteiger partial charge in [0.25, 0.3) is 11.8 Å². The Labute approximate surface area is 164 Å². The molecule has 0 aliphatic carbocycles. The van der Waals surface area contributed by atoms with Crippen molar-refractivity contribution in [2.75, 3.05) is 13.3 Å². The molecule has 3 rings (SSSR count). The Balaban J connectivity index is 1.58. The van der Waals surface area contributed by atoms with Gasteiger partial charge in [-0.05, 0) is 37.6 Å². The predicted molar refractivity (Wildman–Crippen MR) is 103 cm³/mol. The van der Waals surface area contributed by atoms with Crippen LogP contribution >= 0.6 is 0 Å². The summed E-state index contributed by atoms with van der Waals surface area (Å²) < 4.78 is 33.1. The number of carbonyl (C=O) groups excluding carboxylic acids is 2. The molecule has 0 aromatic heterocycles. The van der Waals surface area contributed by atoms with Crippen LogP contribution in [0.25, 0.3) is 0 Å². The molecular formula is C20H22N2O5S. The Hall–Kier alpha value is -2.55. The van der Waals surface area contributed by atoms with Crippen molar-refractivity contribution in [1.82, 2.24) is 9.62 Å². The van der Waals surface area contributed by atoms with Gasteiger partial charge in [0.15, 0.2) is 0 Å². The number of carbonyl (C=O) groups is 2. The molecule has 0 spiro atoms. The van der Waals surface area contributed by atoms with Crippen molar-refractivity contribution in [3.8, 4) is 0 Å². The second-order valence-corrected chi connectivity index (χ2v) is 8.34. The third-order valence-electron chi connectivity index (χ3n) is 4.56. The quantitative estimate of drug-likeness (QED) is 0.684. The van der Waals surface area contributed by atoms with Gasteiger partial charge in [0, 0.05) is 6.04 Å². The van der Waals surface area contributed by atoms with Crippen LogP contribution in [0.4, 0.5) is 0 Å². The van der Waals surface area contributed by atoms with Crippen molar-refractivity contribution in [3.05, 3.63) is 65.2 Å². The van der Waals surface area contributed by atoms with Crippen LogP contribution in [0.15, 0.2) is 53.4 Å². The summed E-state index contributed by atoms with van der Waals surface area (Å²) in [5, 5.41) is 0. The number of hydrogen-bond acceptors (Lipinski definition) is 5. The van der Waals surface area contributed by atoms with Crippen molar-refractivity contribution in [2.45, 2.75) is 31.2 Å². The molecule has 148 valence electrons. The summed E-state index contributed by atoms with van der Waals surface area (Å²) in [6.45, 7) is 3.52. The molecule has 0 saturated carbocycles. The highest BCUT2D eigenvalue weighted by atomic mass is 32.2. The number of hydrogen-bond donors (Lipinski definition) is 1. The minimum atomic E-state index is -3.68. The lowest BCUT2D eigenvalue weighted by Gasteiger charge is -2.19. The molecule has 1 N–H and O–H groups in total. The lowest BCUT2D eigenvalue weighted by molar-refractivity contribution is 0.0211. The van der Waals surface area contributed by atoms with Gasteiger partial charge in [0.05, 0.1) is 22.6 Å². The van der Waals surface area contributed by atoms with E-state index in [1.54, 1.807) is 48.5 Å². The lowest BCUT2D eigenvalue weighted by Crippen LogP contribution is -2.40. The number of amides is 2. The van der Waals surface area contributed by atoms with Crippen LogP contribution in [-0.4, -0.2) is 44.5 Å². The van der Waals surface area contributed by atoms with Crippen molar-refractivity contribution < 1.29 is 22.7 Å². The number of aryl methyl sites for hydroxylation is 1. The molecule has 1 aliphatic rings. The zero-order valence-corrected chi connectivity index (χ0v) is 16.5. The van der Waals surface area contributed by atoms with Gasteiger partial charge in [0.2, 0.25) is 10.0 Å². The van der Waals surface area contributed by atoms with E-state index in [0.717, 1.165) is 10.5 Å². The summed E-state index contributed by atoms with van der Waals surface area (Å²) in [6.07, 6.45) is 0.493. The summed E-state index contributed by atoms with van der Waals surface area (Å²) in [5.41, 5.74) is 1.67. The predicted octanol–water partition coefficient (Wildman–Crippen LogP) is 2.32. The summed E-state index contributed by atoms with van der Waals surface area (Å²) >= 11 is 0. The molecule has 1 aliphatic heterocycles. The topological polar surface area (TPSA) is 92.8 Å². The fraction of sp³-hybridized carbons (Fsp3) is 0.300. The first-order valence-corrected chi connectivity index (χ1v) is 10.4. The zero-order valence-electron chi connectivity index (χ0n) is 15.7. The number of nitrogens with zero attached hydrogens (tertiary/aromatic N) is 1. The van der Waals surface area contributed by atoms with Gasteiger partial charge < -0.3 is 4.74 Å². The minimum Gasteiger partial charge on any atom is -0.359 e. The number of sulfonamides is 1. The molecule has 1 heterocycles. The smallest absolute Gasteiger partial charge is 0.263 e. The van der Waals surface area contributed by atoms with Crippen LogP contribution in [0.1, 0.15) is 39.6 Å². The monoisotopic (exact) mass is 402 g/mol. The number of nitrogens with one attached hydrogen (secondary N) is 1. The highest BCUT2D eigenvalue weighted by Gasteiger charge is 2.35. The molecule has 0 bridgehead atoms. The maximum Gasteiger partial charge on any atom is 0.263 e. The highest BCUT2D eigenvalue weighted by Crippen LogP contribution is 2.22. The Bertz CT molecular complexity index is 951. The Kier molecular flexibility index (Phi) is 5.93. The van der Waals surface area contributed by atoms with Gasteiger partial charge >= 0.3 is 0 Å². The van der Waals surface area contributed by atoms with E-state index in [1.807, 2.05) is 13.8 Å².